The first-order valence-electron chi connectivity index (χ1n) is 4.67. The van der Waals surface area contributed by atoms with E-state index >= 15 is 0 Å². The summed E-state index contributed by atoms with van der Waals surface area (Å²) in [6.45, 7) is 4.54. The summed E-state index contributed by atoms with van der Waals surface area (Å²) in [5, 5.41) is 1.55. The Morgan fingerprint density at radius 1 is 1.53 bits per heavy atom. The molecule has 0 aliphatic rings. The van der Waals surface area contributed by atoms with Crippen LogP contribution in [0, 0.1) is 0 Å². The standard InChI is InChI=1S/C10H11ClN2OS/c1-6(2)14-5-9-13-8-3-7(11)4-12-10(8)15-9/h3-4,6H,5H2,1-2H3. The molecule has 0 fully saturated rings. The average Bonchev–Trinajstić information content (AvgIpc) is 2.56. The van der Waals surface area contributed by atoms with Crippen LogP contribution in [0.3, 0.4) is 0 Å². The minimum Gasteiger partial charge on any atom is -0.372 e. The van der Waals surface area contributed by atoms with Crippen LogP contribution in [-0.4, -0.2) is 16.1 Å². The molecule has 80 valence electrons. The van der Waals surface area contributed by atoms with Gasteiger partial charge in [-0.25, -0.2) is 9.97 Å². The fourth-order valence-corrected chi connectivity index (χ4v) is 2.10. The number of pyridine rings is 1. The molecule has 0 saturated heterocycles. The number of ether oxygens (including phenoxy) is 1. The molecule has 2 aromatic rings. The van der Waals surface area contributed by atoms with Gasteiger partial charge in [0, 0.05) is 6.20 Å². The normalized spacial score (nSPS) is 11.5. The zero-order valence-corrected chi connectivity index (χ0v) is 10.1. The second-order valence-corrected chi connectivity index (χ2v) is 4.94. The van der Waals surface area contributed by atoms with Crippen molar-refractivity contribution in [2.24, 2.45) is 0 Å². The van der Waals surface area contributed by atoms with Gasteiger partial charge in [0.2, 0.25) is 0 Å². The van der Waals surface area contributed by atoms with Gasteiger partial charge in [0.1, 0.15) is 15.4 Å². The number of hydrogen-bond acceptors (Lipinski definition) is 4. The van der Waals surface area contributed by atoms with Gasteiger partial charge in [-0.3, -0.25) is 0 Å². The van der Waals surface area contributed by atoms with Gasteiger partial charge in [0.15, 0.2) is 0 Å². The number of halogens is 1. The van der Waals surface area contributed by atoms with Crippen LogP contribution in [0.2, 0.25) is 5.02 Å². The first kappa shape index (κ1) is 10.8. The van der Waals surface area contributed by atoms with Gasteiger partial charge in [0.05, 0.1) is 17.7 Å². The van der Waals surface area contributed by atoms with Gasteiger partial charge >= 0.3 is 0 Å². The van der Waals surface area contributed by atoms with E-state index in [0.717, 1.165) is 15.4 Å². The third-order valence-corrected chi connectivity index (χ3v) is 2.96. The van der Waals surface area contributed by atoms with E-state index in [1.54, 1.807) is 17.5 Å². The summed E-state index contributed by atoms with van der Waals surface area (Å²) in [6, 6.07) is 1.82. The minimum atomic E-state index is 0.216. The van der Waals surface area contributed by atoms with E-state index in [2.05, 4.69) is 9.97 Å². The van der Waals surface area contributed by atoms with Crippen molar-refractivity contribution in [3.05, 3.63) is 22.3 Å². The van der Waals surface area contributed by atoms with Gasteiger partial charge in [-0.05, 0) is 19.9 Å². The van der Waals surface area contributed by atoms with Crippen molar-refractivity contribution in [3.8, 4) is 0 Å². The average molecular weight is 243 g/mol. The number of fused-ring (bicyclic) bond motifs is 1. The molecule has 2 heterocycles. The van der Waals surface area contributed by atoms with Crippen LogP contribution in [-0.2, 0) is 11.3 Å². The smallest absolute Gasteiger partial charge is 0.143 e. The third kappa shape index (κ3) is 2.65. The maximum atomic E-state index is 5.83. The zero-order chi connectivity index (χ0) is 10.8. The molecule has 15 heavy (non-hydrogen) atoms. The van der Waals surface area contributed by atoms with E-state index in [9.17, 15) is 0 Å². The van der Waals surface area contributed by atoms with Crippen molar-refractivity contribution in [2.45, 2.75) is 26.6 Å². The minimum absolute atomic E-state index is 0.216. The fraction of sp³-hybridized carbons (Fsp3) is 0.400. The molecule has 0 bridgehead atoms. The highest BCUT2D eigenvalue weighted by atomic mass is 35.5. The molecule has 0 radical (unpaired) electrons. The Kier molecular flexibility index (Phi) is 3.19. The largest absolute Gasteiger partial charge is 0.372 e. The molecule has 0 unspecified atom stereocenters. The third-order valence-electron chi connectivity index (χ3n) is 1.80. The molecule has 0 atom stereocenters. The molecule has 0 aliphatic heterocycles. The van der Waals surface area contributed by atoms with Crippen LogP contribution in [0.15, 0.2) is 12.3 Å². The monoisotopic (exact) mass is 242 g/mol. The lowest BCUT2D eigenvalue weighted by Crippen LogP contribution is -2.01. The lowest BCUT2D eigenvalue weighted by molar-refractivity contribution is 0.0657. The summed E-state index contributed by atoms with van der Waals surface area (Å²) < 4.78 is 5.47. The first-order chi connectivity index (χ1) is 7.15. The van der Waals surface area contributed by atoms with Crippen LogP contribution in [0.4, 0.5) is 0 Å². The lowest BCUT2D eigenvalue weighted by Gasteiger charge is -2.03. The van der Waals surface area contributed by atoms with Gasteiger partial charge in [-0.2, -0.15) is 0 Å². The van der Waals surface area contributed by atoms with E-state index in [0.29, 0.717) is 11.6 Å². The van der Waals surface area contributed by atoms with Crippen molar-refractivity contribution >= 4 is 33.3 Å². The molecule has 3 nitrogen and oxygen atoms in total. The van der Waals surface area contributed by atoms with Crippen molar-refractivity contribution in [3.63, 3.8) is 0 Å². The molecule has 0 aliphatic carbocycles. The van der Waals surface area contributed by atoms with E-state index in [4.69, 9.17) is 16.3 Å². The Labute approximate surface area is 97.1 Å². The molecule has 0 saturated carbocycles. The summed E-state index contributed by atoms with van der Waals surface area (Å²) in [4.78, 5) is 9.49. The molecular weight excluding hydrogens is 232 g/mol. The van der Waals surface area contributed by atoms with E-state index in [1.807, 2.05) is 19.9 Å². The van der Waals surface area contributed by atoms with E-state index in [1.165, 1.54) is 0 Å². The zero-order valence-electron chi connectivity index (χ0n) is 8.53. The lowest BCUT2D eigenvalue weighted by atomic mass is 10.4. The van der Waals surface area contributed by atoms with Crippen molar-refractivity contribution < 1.29 is 4.74 Å². The summed E-state index contributed by atoms with van der Waals surface area (Å²) in [7, 11) is 0. The van der Waals surface area contributed by atoms with Gasteiger partial charge in [-0.15, -0.1) is 0 Å². The maximum absolute atomic E-state index is 5.83. The quantitative estimate of drug-likeness (QED) is 0.829. The predicted octanol–water partition coefficient (Wildman–Crippen LogP) is 3.27. The van der Waals surface area contributed by atoms with Crippen LogP contribution in [0.25, 0.3) is 10.3 Å². The predicted molar refractivity (Wildman–Crippen MR) is 62.4 cm³/mol. The molecule has 0 aromatic carbocycles. The molecular formula is C10H11ClN2OS. The highest BCUT2D eigenvalue weighted by Crippen LogP contribution is 2.23. The molecule has 0 amide bonds. The molecule has 2 aromatic heterocycles. The summed E-state index contributed by atoms with van der Waals surface area (Å²) in [6.07, 6.45) is 1.85. The highest BCUT2D eigenvalue weighted by molar-refractivity contribution is 7.18. The summed E-state index contributed by atoms with van der Waals surface area (Å²) in [5.41, 5.74) is 0.842. The molecule has 0 N–H and O–H groups in total. The Morgan fingerprint density at radius 2 is 2.33 bits per heavy atom. The number of aromatic nitrogens is 2. The van der Waals surface area contributed by atoms with Crippen molar-refractivity contribution in [1.29, 1.82) is 0 Å². The number of nitrogens with zero attached hydrogens (tertiary/aromatic N) is 2. The van der Waals surface area contributed by atoms with Gasteiger partial charge in [-0.1, -0.05) is 22.9 Å². The topological polar surface area (TPSA) is 35.0 Å². The summed E-state index contributed by atoms with van der Waals surface area (Å²) in [5.74, 6) is 0. The number of hydrogen-bond donors (Lipinski definition) is 0. The van der Waals surface area contributed by atoms with Crippen LogP contribution < -0.4 is 0 Å². The second kappa shape index (κ2) is 4.43. The van der Waals surface area contributed by atoms with Gasteiger partial charge < -0.3 is 4.74 Å². The second-order valence-electron chi connectivity index (χ2n) is 3.45. The van der Waals surface area contributed by atoms with E-state index in [-0.39, 0.29) is 6.10 Å². The van der Waals surface area contributed by atoms with Crippen LogP contribution >= 0.6 is 22.9 Å². The Hall–Kier alpha value is -0.710. The van der Waals surface area contributed by atoms with E-state index < -0.39 is 0 Å². The molecule has 2 rings (SSSR count). The Bertz CT molecular complexity index is 469. The maximum Gasteiger partial charge on any atom is 0.143 e. The van der Waals surface area contributed by atoms with Crippen LogP contribution in [0.5, 0.6) is 0 Å². The Morgan fingerprint density at radius 3 is 3.07 bits per heavy atom. The SMILES string of the molecule is CC(C)OCc1nc2cc(Cl)cnc2s1. The first-order valence-corrected chi connectivity index (χ1v) is 5.87. The van der Waals surface area contributed by atoms with Crippen molar-refractivity contribution in [2.75, 3.05) is 0 Å². The Balaban J connectivity index is 2.23. The fourth-order valence-electron chi connectivity index (χ4n) is 1.14. The van der Waals surface area contributed by atoms with Gasteiger partial charge in [0.25, 0.3) is 0 Å². The number of thiazole rings is 1. The molecule has 0 spiro atoms. The highest BCUT2D eigenvalue weighted by Gasteiger charge is 2.06. The summed E-state index contributed by atoms with van der Waals surface area (Å²) >= 11 is 7.37. The van der Waals surface area contributed by atoms with Crippen LogP contribution in [0.1, 0.15) is 18.9 Å². The number of rotatable bonds is 3. The molecule has 5 heteroatoms. The van der Waals surface area contributed by atoms with Crippen molar-refractivity contribution in [1.82, 2.24) is 9.97 Å².